The molecule has 0 saturated heterocycles. The van der Waals surface area contributed by atoms with Gasteiger partial charge in [0.25, 0.3) is 0 Å². The van der Waals surface area contributed by atoms with Crippen molar-refractivity contribution in [3.8, 4) is 0 Å². The molecular weight excluding hydrogens is 252 g/mol. The average molecular weight is 272 g/mol. The topological polar surface area (TPSA) is 55.0 Å². The van der Waals surface area contributed by atoms with Crippen LogP contribution < -0.4 is 0 Å². The van der Waals surface area contributed by atoms with Gasteiger partial charge in [-0.2, -0.15) is 0 Å². The fourth-order valence-electron chi connectivity index (χ4n) is 2.67. The highest BCUT2D eigenvalue weighted by Gasteiger charge is 2.34. The molecule has 0 saturated carbocycles. The van der Waals surface area contributed by atoms with Crippen LogP contribution in [0.2, 0.25) is 0 Å². The maximum absolute atomic E-state index is 11.6. The highest BCUT2D eigenvalue weighted by atomic mass is 16.5. The molecule has 1 aromatic heterocycles. The van der Waals surface area contributed by atoms with E-state index in [1.54, 1.807) is 6.20 Å². The van der Waals surface area contributed by atoms with Crippen molar-refractivity contribution in [1.82, 2.24) is 9.97 Å². The molecule has 0 aliphatic carbocycles. The maximum atomic E-state index is 11.6. The number of nitrogens with one attached hydrogen (secondary N) is 1. The number of H-pyrrole nitrogens is 1. The van der Waals surface area contributed by atoms with Crippen molar-refractivity contribution in [3.05, 3.63) is 53.6 Å². The van der Waals surface area contributed by atoms with Crippen molar-refractivity contribution in [3.63, 3.8) is 0 Å². The van der Waals surface area contributed by atoms with Gasteiger partial charge in [-0.15, -0.1) is 0 Å². The lowest BCUT2D eigenvalue weighted by Gasteiger charge is -2.30. The van der Waals surface area contributed by atoms with E-state index in [0.29, 0.717) is 5.69 Å². The summed E-state index contributed by atoms with van der Waals surface area (Å²) in [6, 6.07) is 10.3. The molecule has 0 spiro atoms. The number of ether oxygens (including phenoxy) is 1. The van der Waals surface area contributed by atoms with Crippen LogP contribution in [0.1, 0.15) is 48.6 Å². The summed E-state index contributed by atoms with van der Waals surface area (Å²) >= 11 is 0. The van der Waals surface area contributed by atoms with Gasteiger partial charge >= 0.3 is 5.97 Å². The number of hydrogen-bond donors (Lipinski definition) is 1. The number of carbonyl (C=O) groups excluding carboxylic acids is 1. The van der Waals surface area contributed by atoms with E-state index in [9.17, 15) is 4.79 Å². The summed E-state index contributed by atoms with van der Waals surface area (Å²) in [5, 5.41) is 0. The Hall–Kier alpha value is -2.10. The van der Waals surface area contributed by atoms with Gasteiger partial charge in [-0.3, -0.25) is 0 Å². The van der Waals surface area contributed by atoms with Gasteiger partial charge in [-0.25, -0.2) is 9.78 Å². The number of methoxy groups -OCH3 is 1. The molecule has 0 bridgehead atoms. The number of carbonyl (C=O) groups is 1. The average Bonchev–Trinajstić information content (AvgIpc) is 3.00. The molecular formula is C16H20N2O2. The molecule has 4 heteroatoms. The number of esters is 1. The number of rotatable bonds is 5. The Balaban J connectivity index is 2.48. The first-order valence-electron chi connectivity index (χ1n) is 6.87. The van der Waals surface area contributed by atoms with Crippen molar-refractivity contribution >= 4 is 5.97 Å². The van der Waals surface area contributed by atoms with Crippen molar-refractivity contribution in [2.24, 2.45) is 0 Å². The molecule has 0 aliphatic heterocycles. The zero-order chi connectivity index (χ0) is 14.6. The second-order valence-electron chi connectivity index (χ2n) is 4.79. The number of benzene rings is 1. The number of nitrogens with zero attached hydrogens (tertiary/aromatic N) is 1. The van der Waals surface area contributed by atoms with Gasteiger partial charge < -0.3 is 9.72 Å². The minimum Gasteiger partial charge on any atom is -0.464 e. The number of aromatic nitrogens is 2. The Morgan fingerprint density at radius 3 is 2.45 bits per heavy atom. The highest BCUT2D eigenvalue weighted by molar-refractivity contribution is 5.86. The van der Waals surface area contributed by atoms with Gasteiger partial charge in [0.1, 0.15) is 11.5 Å². The van der Waals surface area contributed by atoms with E-state index < -0.39 is 5.97 Å². The fraction of sp³-hybridized carbons (Fsp3) is 0.375. The summed E-state index contributed by atoms with van der Waals surface area (Å²) in [6.45, 7) is 4.27. The van der Waals surface area contributed by atoms with Crippen LogP contribution in [-0.2, 0) is 10.2 Å². The van der Waals surface area contributed by atoms with Crippen molar-refractivity contribution in [1.29, 1.82) is 0 Å². The molecule has 0 unspecified atom stereocenters. The molecule has 106 valence electrons. The van der Waals surface area contributed by atoms with Gasteiger partial charge in [-0.1, -0.05) is 44.2 Å². The van der Waals surface area contributed by atoms with E-state index in [0.717, 1.165) is 18.7 Å². The van der Waals surface area contributed by atoms with E-state index >= 15 is 0 Å². The zero-order valence-electron chi connectivity index (χ0n) is 12.1. The Kier molecular flexibility index (Phi) is 4.23. The van der Waals surface area contributed by atoms with E-state index in [-0.39, 0.29) is 5.41 Å². The molecule has 1 heterocycles. The van der Waals surface area contributed by atoms with Crippen LogP contribution in [0.5, 0.6) is 0 Å². The summed E-state index contributed by atoms with van der Waals surface area (Å²) in [4.78, 5) is 19.1. The molecule has 1 aromatic carbocycles. The first-order chi connectivity index (χ1) is 9.67. The predicted molar refractivity (Wildman–Crippen MR) is 77.7 cm³/mol. The zero-order valence-corrected chi connectivity index (χ0v) is 12.1. The van der Waals surface area contributed by atoms with Crippen LogP contribution in [0.3, 0.4) is 0 Å². The first-order valence-corrected chi connectivity index (χ1v) is 6.87. The van der Waals surface area contributed by atoms with Crippen molar-refractivity contribution in [2.45, 2.75) is 32.1 Å². The van der Waals surface area contributed by atoms with E-state index in [1.807, 2.05) is 18.2 Å². The third-order valence-corrected chi connectivity index (χ3v) is 3.97. The normalized spacial score (nSPS) is 11.3. The van der Waals surface area contributed by atoms with Crippen molar-refractivity contribution < 1.29 is 9.53 Å². The van der Waals surface area contributed by atoms with Crippen molar-refractivity contribution in [2.75, 3.05) is 7.11 Å². The lowest BCUT2D eigenvalue weighted by Crippen LogP contribution is -2.27. The van der Waals surface area contributed by atoms with Gasteiger partial charge in [0.15, 0.2) is 0 Å². The standard InChI is InChI=1S/C16H20N2O2/c1-4-16(5-2,12-9-7-6-8-10-12)15-17-11-13(18-15)14(19)20-3/h6-11H,4-5H2,1-3H3,(H,17,18). The van der Waals surface area contributed by atoms with Gasteiger partial charge in [0, 0.05) is 0 Å². The van der Waals surface area contributed by atoms with Gasteiger partial charge in [0.05, 0.1) is 18.7 Å². The second kappa shape index (κ2) is 5.90. The summed E-state index contributed by atoms with van der Waals surface area (Å²) in [6.07, 6.45) is 3.35. The molecule has 4 nitrogen and oxygen atoms in total. The van der Waals surface area contributed by atoms with Crippen LogP contribution in [0, 0.1) is 0 Å². The molecule has 2 rings (SSSR count). The molecule has 0 atom stereocenters. The number of imidazole rings is 1. The van der Waals surface area contributed by atoms with Crippen LogP contribution in [0.25, 0.3) is 0 Å². The Morgan fingerprint density at radius 1 is 1.25 bits per heavy atom. The minimum absolute atomic E-state index is 0.201. The molecule has 1 N–H and O–H groups in total. The lowest BCUT2D eigenvalue weighted by molar-refractivity contribution is 0.0594. The molecule has 20 heavy (non-hydrogen) atoms. The quantitative estimate of drug-likeness (QED) is 0.850. The molecule has 0 radical (unpaired) electrons. The first kappa shape index (κ1) is 14.3. The predicted octanol–water partition coefficient (Wildman–Crippen LogP) is 3.30. The van der Waals surface area contributed by atoms with E-state index in [2.05, 4.69) is 35.9 Å². The second-order valence-corrected chi connectivity index (χ2v) is 4.79. The highest BCUT2D eigenvalue weighted by Crippen LogP contribution is 2.36. The van der Waals surface area contributed by atoms with Crippen LogP contribution in [0.15, 0.2) is 36.5 Å². The smallest absolute Gasteiger partial charge is 0.356 e. The Morgan fingerprint density at radius 2 is 1.90 bits per heavy atom. The Labute approximate surface area is 119 Å². The third-order valence-electron chi connectivity index (χ3n) is 3.97. The van der Waals surface area contributed by atoms with Crippen LogP contribution >= 0.6 is 0 Å². The van der Waals surface area contributed by atoms with Crippen LogP contribution in [-0.4, -0.2) is 23.0 Å². The summed E-state index contributed by atoms with van der Waals surface area (Å²) in [5.41, 5.74) is 1.40. The minimum atomic E-state index is -0.391. The summed E-state index contributed by atoms with van der Waals surface area (Å²) in [5.74, 6) is 0.423. The van der Waals surface area contributed by atoms with Crippen LogP contribution in [0.4, 0.5) is 0 Å². The maximum Gasteiger partial charge on any atom is 0.356 e. The lowest BCUT2D eigenvalue weighted by atomic mass is 9.75. The monoisotopic (exact) mass is 272 g/mol. The number of hydrogen-bond acceptors (Lipinski definition) is 3. The summed E-state index contributed by atoms with van der Waals surface area (Å²) in [7, 11) is 1.37. The largest absolute Gasteiger partial charge is 0.464 e. The SMILES string of the molecule is CCC(CC)(c1ccccc1)c1ncc(C(=O)OC)[nH]1. The summed E-state index contributed by atoms with van der Waals surface area (Å²) < 4.78 is 4.73. The van der Waals surface area contributed by atoms with Gasteiger partial charge in [0.2, 0.25) is 0 Å². The van der Waals surface area contributed by atoms with Gasteiger partial charge in [-0.05, 0) is 18.4 Å². The molecule has 0 aliphatic rings. The number of aromatic amines is 1. The van der Waals surface area contributed by atoms with E-state index in [4.69, 9.17) is 4.74 Å². The fourth-order valence-corrected chi connectivity index (χ4v) is 2.67. The molecule has 0 amide bonds. The molecule has 2 aromatic rings. The van der Waals surface area contributed by atoms with E-state index in [1.165, 1.54) is 12.7 Å². The third kappa shape index (κ3) is 2.33. The Bertz CT molecular complexity index is 571. The molecule has 0 fully saturated rings.